The number of carbonyl (C=O) groups excluding carboxylic acids is 1. The Morgan fingerprint density at radius 3 is 2.24 bits per heavy atom. The first-order valence-electron chi connectivity index (χ1n) is 7.04. The monoisotopic (exact) mass is 294 g/mol. The third kappa shape index (κ3) is 5.53. The van der Waals surface area contributed by atoms with Crippen LogP contribution in [0.4, 0.5) is 4.79 Å². The molecule has 5 heteroatoms. The molecule has 0 atom stereocenters. The Kier molecular flexibility index (Phi) is 5.88. The van der Waals surface area contributed by atoms with Crippen molar-refractivity contribution in [1.29, 1.82) is 0 Å². The van der Waals surface area contributed by atoms with Crippen LogP contribution in [0, 0.1) is 6.92 Å². The van der Waals surface area contributed by atoms with Gasteiger partial charge in [0.05, 0.1) is 14.2 Å². The molecular formula is C16H26N2O3. The van der Waals surface area contributed by atoms with E-state index in [1.165, 1.54) is 0 Å². The maximum absolute atomic E-state index is 11.7. The summed E-state index contributed by atoms with van der Waals surface area (Å²) in [7, 11) is 3.24. The highest BCUT2D eigenvalue weighted by molar-refractivity contribution is 5.74. The molecule has 1 aromatic carbocycles. The summed E-state index contributed by atoms with van der Waals surface area (Å²) < 4.78 is 10.6. The SMILES string of the molecule is COc1cc(C)c(CCNC(=O)NC(C)(C)C)cc1OC. The van der Waals surface area contributed by atoms with Gasteiger partial charge in [-0.1, -0.05) is 0 Å². The second-order valence-electron chi connectivity index (χ2n) is 6.01. The number of amides is 2. The van der Waals surface area contributed by atoms with Crippen molar-refractivity contribution in [3.63, 3.8) is 0 Å². The van der Waals surface area contributed by atoms with Crippen LogP contribution >= 0.6 is 0 Å². The zero-order chi connectivity index (χ0) is 16.0. The molecule has 21 heavy (non-hydrogen) atoms. The molecule has 2 amide bonds. The van der Waals surface area contributed by atoms with Gasteiger partial charge in [0.1, 0.15) is 0 Å². The molecule has 0 unspecified atom stereocenters. The molecule has 118 valence electrons. The van der Waals surface area contributed by atoms with Gasteiger partial charge in [0.15, 0.2) is 11.5 Å². The van der Waals surface area contributed by atoms with Crippen molar-refractivity contribution >= 4 is 6.03 Å². The van der Waals surface area contributed by atoms with Gasteiger partial charge in [-0.3, -0.25) is 0 Å². The van der Waals surface area contributed by atoms with Gasteiger partial charge in [-0.05, 0) is 57.4 Å². The number of urea groups is 1. The fourth-order valence-electron chi connectivity index (χ4n) is 1.99. The summed E-state index contributed by atoms with van der Waals surface area (Å²) in [5, 5.41) is 5.72. The molecule has 1 rings (SSSR count). The molecule has 0 aliphatic carbocycles. The summed E-state index contributed by atoms with van der Waals surface area (Å²) in [5.74, 6) is 1.43. The number of ether oxygens (including phenoxy) is 2. The Hall–Kier alpha value is -1.91. The highest BCUT2D eigenvalue weighted by Crippen LogP contribution is 2.30. The number of methoxy groups -OCH3 is 2. The molecule has 0 aliphatic heterocycles. The van der Waals surface area contributed by atoms with Crippen LogP contribution in [0.3, 0.4) is 0 Å². The quantitative estimate of drug-likeness (QED) is 0.877. The van der Waals surface area contributed by atoms with E-state index in [1.807, 2.05) is 39.8 Å². The number of benzene rings is 1. The lowest BCUT2D eigenvalue weighted by Crippen LogP contribution is -2.46. The largest absolute Gasteiger partial charge is 0.493 e. The Balaban J connectivity index is 2.62. The van der Waals surface area contributed by atoms with Crippen molar-refractivity contribution in [2.45, 2.75) is 39.7 Å². The molecule has 0 saturated carbocycles. The Morgan fingerprint density at radius 2 is 1.71 bits per heavy atom. The topological polar surface area (TPSA) is 59.6 Å². The normalized spacial score (nSPS) is 11.0. The first-order valence-corrected chi connectivity index (χ1v) is 7.04. The van der Waals surface area contributed by atoms with Crippen LogP contribution in [0.15, 0.2) is 12.1 Å². The molecule has 1 aromatic rings. The van der Waals surface area contributed by atoms with Crippen molar-refractivity contribution in [2.75, 3.05) is 20.8 Å². The second-order valence-corrected chi connectivity index (χ2v) is 6.01. The highest BCUT2D eigenvalue weighted by Gasteiger charge is 2.13. The molecule has 0 heterocycles. The molecule has 0 fully saturated rings. The molecular weight excluding hydrogens is 268 g/mol. The predicted molar refractivity (Wildman–Crippen MR) is 84.3 cm³/mol. The Bertz CT molecular complexity index is 493. The van der Waals surface area contributed by atoms with Crippen molar-refractivity contribution in [1.82, 2.24) is 10.6 Å². The summed E-state index contributed by atoms with van der Waals surface area (Å²) in [6.07, 6.45) is 0.740. The van der Waals surface area contributed by atoms with Gasteiger partial charge < -0.3 is 20.1 Å². The molecule has 0 bridgehead atoms. The fraction of sp³-hybridized carbons (Fsp3) is 0.562. The van der Waals surface area contributed by atoms with Crippen LogP contribution in [-0.2, 0) is 6.42 Å². The van der Waals surface area contributed by atoms with Gasteiger partial charge >= 0.3 is 6.03 Å². The van der Waals surface area contributed by atoms with Gasteiger partial charge in [0, 0.05) is 12.1 Å². The third-order valence-electron chi connectivity index (χ3n) is 3.01. The van der Waals surface area contributed by atoms with Crippen molar-refractivity contribution in [3.05, 3.63) is 23.3 Å². The fourth-order valence-corrected chi connectivity index (χ4v) is 1.99. The average Bonchev–Trinajstić information content (AvgIpc) is 2.38. The van der Waals surface area contributed by atoms with E-state index in [4.69, 9.17) is 9.47 Å². The summed E-state index contributed by atoms with van der Waals surface area (Å²) in [5.41, 5.74) is 2.01. The summed E-state index contributed by atoms with van der Waals surface area (Å²) in [6, 6.07) is 3.75. The summed E-state index contributed by atoms with van der Waals surface area (Å²) >= 11 is 0. The first kappa shape index (κ1) is 17.1. The van der Waals surface area contributed by atoms with Gasteiger partial charge in [-0.25, -0.2) is 4.79 Å². The lowest BCUT2D eigenvalue weighted by molar-refractivity contribution is 0.232. The van der Waals surface area contributed by atoms with Gasteiger partial charge in [-0.15, -0.1) is 0 Å². The molecule has 0 aliphatic rings. The molecule has 2 N–H and O–H groups in total. The maximum Gasteiger partial charge on any atom is 0.315 e. The zero-order valence-electron chi connectivity index (χ0n) is 13.8. The minimum Gasteiger partial charge on any atom is -0.493 e. The first-order chi connectivity index (χ1) is 9.76. The highest BCUT2D eigenvalue weighted by atomic mass is 16.5. The van der Waals surface area contributed by atoms with Crippen LogP contribution in [0.1, 0.15) is 31.9 Å². The number of rotatable bonds is 5. The molecule has 5 nitrogen and oxygen atoms in total. The second kappa shape index (κ2) is 7.20. The van der Waals surface area contributed by atoms with Crippen LogP contribution in [0.25, 0.3) is 0 Å². The van der Waals surface area contributed by atoms with Crippen LogP contribution in [0.5, 0.6) is 11.5 Å². The molecule has 0 radical (unpaired) electrons. The zero-order valence-corrected chi connectivity index (χ0v) is 13.8. The van der Waals surface area contributed by atoms with E-state index in [1.54, 1.807) is 14.2 Å². The number of hydrogen-bond acceptors (Lipinski definition) is 3. The minimum atomic E-state index is -0.233. The predicted octanol–water partition coefficient (Wildman–Crippen LogP) is 2.65. The van der Waals surface area contributed by atoms with E-state index >= 15 is 0 Å². The van der Waals surface area contributed by atoms with Gasteiger partial charge in [0.25, 0.3) is 0 Å². The van der Waals surface area contributed by atoms with Crippen molar-refractivity contribution in [3.8, 4) is 11.5 Å². The van der Waals surface area contributed by atoms with Crippen LogP contribution in [0.2, 0.25) is 0 Å². The van der Waals surface area contributed by atoms with Crippen LogP contribution in [-0.4, -0.2) is 32.3 Å². The standard InChI is InChI=1S/C16H26N2O3/c1-11-9-13(20-5)14(21-6)10-12(11)7-8-17-15(19)18-16(2,3)4/h9-10H,7-8H2,1-6H3,(H2,17,18,19). The van der Waals surface area contributed by atoms with Crippen molar-refractivity contribution < 1.29 is 14.3 Å². The Morgan fingerprint density at radius 1 is 1.14 bits per heavy atom. The smallest absolute Gasteiger partial charge is 0.315 e. The number of hydrogen-bond donors (Lipinski definition) is 2. The summed E-state index contributed by atoms with van der Waals surface area (Å²) in [6.45, 7) is 8.44. The van der Waals surface area contributed by atoms with E-state index in [-0.39, 0.29) is 11.6 Å². The lowest BCUT2D eigenvalue weighted by atomic mass is 10.0. The lowest BCUT2D eigenvalue weighted by Gasteiger charge is -2.21. The van der Waals surface area contributed by atoms with Crippen LogP contribution < -0.4 is 20.1 Å². The number of carbonyl (C=O) groups is 1. The van der Waals surface area contributed by atoms with Gasteiger partial charge in [0.2, 0.25) is 0 Å². The minimum absolute atomic E-state index is 0.152. The van der Waals surface area contributed by atoms with Crippen molar-refractivity contribution in [2.24, 2.45) is 0 Å². The average molecular weight is 294 g/mol. The third-order valence-corrected chi connectivity index (χ3v) is 3.01. The molecule has 0 saturated heterocycles. The molecule has 0 aromatic heterocycles. The molecule has 0 spiro atoms. The van der Waals surface area contributed by atoms with E-state index in [0.29, 0.717) is 12.3 Å². The maximum atomic E-state index is 11.7. The number of aryl methyl sites for hydroxylation is 1. The summed E-state index contributed by atoms with van der Waals surface area (Å²) in [4.78, 5) is 11.7. The van der Waals surface area contributed by atoms with Gasteiger partial charge in [-0.2, -0.15) is 0 Å². The van der Waals surface area contributed by atoms with E-state index < -0.39 is 0 Å². The number of nitrogens with one attached hydrogen (secondary N) is 2. The van der Waals surface area contributed by atoms with E-state index in [2.05, 4.69) is 10.6 Å². The van der Waals surface area contributed by atoms with E-state index in [9.17, 15) is 4.79 Å². The Labute approximate surface area is 127 Å². The van der Waals surface area contributed by atoms with E-state index in [0.717, 1.165) is 23.3 Å².